The molecular weight excluding hydrogens is 351 g/mol. The fraction of sp³-hybridized carbons (Fsp3) is 0. The van der Waals surface area contributed by atoms with Crippen LogP contribution >= 0.6 is 22.6 Å². The Kier molecular flexibility index (Phi) is 4.57. The number of nitrogens with two attached hydrogens (primary N) is 1. The van der Waals surface area contributed by atoms with Crippen molar-refractivity contribution >= 4 is 45.9 Å². The predicted molar refractivity (Wildman–Crippen MR) is 87.7 cm³/mol. The first kappa shape index (κ1) is 13.6. The second kappa shape index (κ2) is 6.38. The van der Waals surface area contributed by atoms with E-state index in [1.165, 1.54) is 6.08 Å². The molecule has 19 heavy (non-hydrogen) atoms. The number of rotatable bonds is 3. The summed E-state index contributed by atoms with van der Waals surface area (Å²) in [5.74, 6) is -0.197. The first-order valence-electron chi connectivity index (χ1n) is 5.75. The molecule has 0 aromatic heterocycles. The van der Waals surface area contributed by atoms with Gasteiger partial charge in [-0.25, -0.2) is 0 Å². The maximum Gasteiger partial charge on any atom is 0.248 e. The normalized spacial score (nSPS) is 10.6. The van der Waals surface area contributed by atoms with Gasteiger partial charge in [-0.05, 0) is 52.4 Å². The summed E-state index contributed by atoms with van der Waals surface area (Å²) in [6, 6.07) is 15.0. The van der Waals surface area contributed by atoms with Crippen LogP contribution in [-0.2, 0) is 4.79 Å². The van der Waals surface area contributed by atoms with E-state index in [4.69, 9.17) is 5.73 Å². The van der Waals surface area contributed by atoms with Gasteiger partial charge in [0, 0.05) is 9.65 Å². The van der Waals surface area contributed by atoms with E-state index >= 15 is 0 Å². The van der Waals surface area contributed by atoms with E-state index in [0.717, 1.165) is 9.13 Å². The van der Waals surface area contributed by atoms with E-state index in [1.54, 1.807) is 18.2 Å². The van der Waals surface area contributed by atoms with E-state index in [-0.39, 0.29) is 5.91 Å². The van der Waals surface area contributed by atoms with Crippen LogP contribution in [0, 0.1) is 3.57 Å². The van der Waals surface area contributed by atoms with Gasteiger partial charge in [0.1, 0.15) is 0 Å². The van der Waals surface area contributed by atoms with Crippen molar-refractivity contribution in [1.29, 1.82) is 0 Å². The minimum absolute atomic E-state index is 0.197. The van der Waals surface area contributed by atoms with Crippen molar-refractivity contribution in [3.63, 3.8) is 0 Å². The molecule has 0 heterocycles. The standard InChI is InChI=1S/C15H13IN2O/c16-12-6-2-1-5-11(12)9-10-15(19)18-14-8-4-3-7-13(14)17/h1-10H,17H2,(H,18,19). The molecule has 0 aliphatic carbocycles. The molecule has 4 heteroatoms. The zero-order valence-corrected chi connectivity index (χ0v) is 12.3. The summed E-state index contributed by atoms with van der Waals surface area (Å²) < 4.78 is 1.10. The molecule has 2 aromatic carbocycles. The second-order valence-corrected chi connectivity index (χ2v) is 5.09. The number of hydrogen-bond donors (Lipinski definition) is 2. The molecule has 0 atom stereocenters. The summed E-state index contributed by atoms with van der Waals surface area (Å²) in [5.41, 5.74) is 7.95. The Hall–Kier alpha value is -1.82. The van der Waals surface area contributed by atoms with Crippen LogP contribution in [0.1, 0.15) is 5.56 Å². The molecule has 0 saturated heterocycles. The van der Waals surface area contributed by atoms with Crippen LogP contribution in [0.2, 0.25) is 0 Å². The van der Waals surface area contributed by atoms with Gasteiger partial charge in [0.05, 0.1) is 11.4 Å². The average Bonchev–Trinajstić information content (AvgIpc) is 2.40. The molecule has 0 fully saturated rings. The number of benzene rings is 2. The van der Waals surface area contributed by atoms with E-state index in [0.29, 0.717) is 11.4 Å². The largest absolute Gasteiger partial charge is 0.397 e. The first-order chi connectivity index (χ1) is 9.16. The fourth-order valence-corrected chi connectivity index (χ4v) is 2.13. The molecule has 0 unspecified atom stereocenters. The lowest BCUT2D eigenvalue weighted by molar-refractivity contribution is -0.111. The topological polar surface area (TPSA) is 55.1 Å². The fourth-order valence-electron chi connectivity index (χ4n) is 1.56. The summed E-state index contributed by atoms with van der Waals surface area (Å²) in [7, 11) is 0. The van der Waals surface area contributed by atoms with Crippen molar-refractivity contribution < 1.29 is 4.79 Å². The van der Waals surface area contributed by atoms with Gasteiger partial charge in [-0.3, -0.25) is 4.79 Å². The van der Waals surface area contributed by atoms with Crippen molar-refractivity contribution in [2.45, 2.75) is 0 Å². The summed E-state index contributed by atoms with van der Waals surface area (Å²) >= 11 is 2.23. The third-order valence-corrected chi connectivity index (χ3v) is 3.52. The maximum atomic E-state index is 11.8. The number of nitrogens with one attached hydrogen (secondary N) is 1. The quantitative estimate of drug-likeness (QED) is 0.498. The van der Waals surface area contributed by atoms with Crippen LogP contribution < -0.4 is 11.1 Å². The van der Waals surface area contributed by atoms with Crippen molar-refractivity contribution in [3.05, 3.63) is 63.7 Å². The minimum Gasteiger partial charge on any atom is -0.397 e. The Labute approximate surface area is 125 Å². The van der Waals surface area contributed by atoms with E-state index in [9.17, 15) is 4.79 Å². The highest BCUT2D eigenvalue weighted by molar-refractivity contribution is 14.1. The van der Waals surface area contributed by atoms with Crippen LogP contribution in [0.4, 0.5) is 11.4 Å². The molecule has 0 saturated carbocycles. The molecule has 2 rings (SSSR count). The van der Waals surface area contributed by atoms with Crippen molar-refractivity contribution in [3.8, 4) is 0 Å². The predicted octanol–water partition coefficient (Wildman–Crippen LogP) is 3.53. The highest BCUT2D eigenvalue weighted by Crippen LogP contribution is 2.17. The zero-order valence-electron chi connectivity index (χ0n) is 10.1. The second-order valence-electron chi connectivity index (χ2n) is 3.93. The van der Waals surface area contributed by atoms with Gasteiger partial charge in [0.2, 0.25) is 5.91 Å². The van der Waals surface area contributed by atoms with Gasteiger partial charge in [-0.15, -0.1) is 0 Å². The van der Waals surface area contributed by atoms with Crippen LogP contribution in [0.15, 0.2) is 54.6 Å². The Morgan fingerprint density at radius 3 is 2.53 bits per heavy atom. The Balaban J connectivity index is 2.06. The van der Waals surface area contributed by atoms with Crippen molar-refractivity contribution in [2.75, 3.05) is 11.1 Å². The van der Waals surface area contributed by atoms with Crippen LogP contribution in [0.5, 0.6) is 0 Å². The number of para-hydroxylation sites is 2. The molecule has 0 radical (unpaired) electrons. The van der Waals surface area contributed by atoms with Gasteiger partial charge in [-0.2, -0.15) is 0 Å². The third kappa shape index (κ3) is 3.82. The number of hydrogen-bond acceptors (Lipinski definition) is 2. The Morgan fingerprint density at radius 1 is 1.11 bits per heavy atom. The molecule has 3 N–H and O–H groups in total. The average molecular weight is 364 g/mol. The SMILES string of the molecule is Nc1ccccc1NC(=O)C=Cc1ccccc1I. The van der Waals surface area contributed by atoms with E-state index < -0.39 is 0 Å². The monoisotopic (exact) mass is 364 g/mol. The Morgan fingerprint density at radius 2 is 1.79 bits per heavy atom. The molecule has 1 amide bonds. The highest BCUT2D eigenvalue weighted by atomic mass is 127. The van der Waals surface area contributed by atoms with E-state index in [2.05, 4.69) is 27.9 Å². The van der Waals surface area contributed by atoms with Crippen LogP contribution in [-0.4, -0.2) is 5.91 Å². The van der Waals surface area contributed by atoms with Gasteiger partial charge < -0.3 is 11.1 Å². The number of amides is 1. The molecular formula is C15H13IN2O. The molecule has 2 aromatic rings. The zero-order chi connectivity index (χ0) is 13.7. The summed E-state index contributed by atoms with van der Waals surface area (Å²) in [5, 5.41) is 2.75. The third-order valence-electron chi connectivity index (χ3n) is 2.54. The number of carbonyl (C=O) groups excluding carboxylic acids is 1. The number of halogens is 1. The smallest absolute Gasteiger partial charge is 0.248 e. The molecule has 96 valence electrons. The number of anilines is 2. The maximum absolute atomic E-state index is 11.8. The highest BCUT2D eigenvalue weighted by Gasteiger charge is 2.01. The number of carbonyl (C=O) groups is 1. The van der Waals surface area contributed by atoms with Gasteiger partial charge >= 0.3 is 0 Å². The first-order valence-corrected chi connectivity index (χ1v) is 6.83. The van der Waals surface area contributed by atoms with Gasteiger partial charge in [0.25, 0.3) is 0 Å². The van der Waals surface area contributed by atoms with Gasteiger partial charge in [0.15, 0.2) is 0 Å². The van der Waals surface area contributed by atoms with Crippen molar-refractivity contribution in [1.82, 2.24) is 0 Å². The molecule has 0 aliphatic rings. The molecule has 0 spiro atoms. The van der Waals surface area contributed by atoms with Crippen molar-refractivity contribution in [2.24, 2.45) is 0 Å². The summed E-state index contributed by atoms with van der Waals surface area (Å²) in [4.78, 5) is 11.8. The van der Waals surface area contributed by atoms with Crippen LogP contribution in [0.3, 0.4) is 0 Å². The van der Waals surface area contributed by atoms with Crippen LogP contribution in [0.25, 0.3) is 6.08 Å². The lowest BCUT2D eigenvalue weighted by Crippen LogP contribution is -2.09. The molecule has 0 aliphatic heterocycles. The number of nitrogen functional groups attached to an aromatic ring is 1. The van der Waals surface area contributed by atoms with Gasteiger partial charge in [-0.1, -0.05) is 30.3 Å². The summed E-state index contributed by atoms with van der Waals surface area (Å²) in [6.45, 7) is 0. The molecule has 3 nitrogen and oxygen atoms in total. The Bertz CT molecular complexity index is 623. The lowest BCUT2D eigenvalue weighted by Gasteiger charge is -2.05. The van der Waals surface area contributed by atoms with E-state index in [1.807, 2.05) is 36.4 Å². The minimum atomic E-state index is -0.197. The summed E-state index contributed by atoms with van der Waals surface area (Å²) in [6.07, 6.45) is 3.29. The lowest BCUT2D eigenvalue weighted by atomic mass is 10.2. The molecule has 0 bridgehead atoms.